The van der Waals surface area contributed by atoms with Gasteiger partial charge in [0.2, 0.25) is 11.8 Å². The van der Waals surface area contributed by atoms with Gasteiger partial charge in [0, 0.05) is 16.8 Å². The molecule has 0 spiro atoms. The van der Waals surface area contributed by atoms with Gasteiger partial charge in [-0.05, 0) is 29.8 Å². The van der Waals surface area contributed by atoms with Crippen molar-refractivity contribution in [2.45, 2.75) is 12.3 Å². The fourth-order valence-electron chi connectivity index (χ4n) is 2.87. The highest BCUT2D eigenvalue weighted by Gasteiger charge is 2.30. The summed E-state index contributed by atoms with van der Waals surface area (Å²) in [5, 5.41) is 16.1. The van der Waals surface area contributed by atoms with Gasteiger partial charge in [0.1, 0.15) is 0 Å². The van der Waals surface area contributed by atoms with Crippen molar-refractivity contribution in [1.29, 1.82) is 5.26 Å². The highest BCUT2D eigenvalue weighted by molar-refractivity contribution is 9.10. The Morgan fingerprint density at radius 1 is 1.31 bits per heavy atom. The van der Waals surface area contributed by atoms with Crippen molar-refractivity contribution in [2.75, 3.05) is 11.1 Å². The maximum atomic E-state index is 12.3. The number of halogens is 3. The van der Waals surface area contributed by atoms with E-state index >= 15 is 0 Å². The summed E-state index contributed by atoms with van der Waals surface area (Å²) >= 11 is 16.6. The van der Waals surface area contributed by atoms with Crippen molar-refractivity contribution >= 4 is 68.4 Å². The molecule has 1 heterocycles. The predicted octanol–water partition coefficient (Wildman–Crippen LogP) is 5.47. The molecule has 2 amide bonds. The molecule has 1 aliphatic rings. The molecule has 1 aliphatic heterocycles. The lowest BCUT2D eigenvalue weighted by atomic mass is 9.87. The van der Waals surface area contributed by atoms with Gasteiger partial charge in [0.25, 0.3) is 0 Å². The van der Waals surface area contributed by atoms with Gasteiger partial charge in [-0.3, -0.25) is 9.59 Å². The topological polar surface area (TPSA) is 82.0 Å². The van der Waals surface area contributed by atoms with Crippen LogP contribution in [0.15, 0.2) is 57.5 Å². The normalized spacial score (nSPS) is 16.2. The molecule has 9 heteroatoms. The van der Waals surface area contributed by atoms with E-state index in [-0.39, 0.29) is 34.9 Å². The number of benzene rings is 2. The molecule has 2 aromatic rings. The van der Waals surface area contributed by atoms with Crippen LogP contribution in [0.1, 0.15) is 17.9 Å². The molecule has 0 saturated carbocycles. The number of nitrogens with one attached hydrogen (secondary N) is 2. The van der Waals surface area contributed by atoms with Gasteiger partial charge in [-0.2, -0.15) is 5.26 Å². The lowest BCUT2D eigenvalue weighted by molar-refractivity contribution is -0.121. The molecule has 0 aliphatic carbocycles. The van der Waals surface area contributed by atoms with E-state index in [9.17, 15) is 14.9 Å². The molecule has 148 valence electrons. The molecule has 29 heavy (non-hydrogen) atoms. The summed E-state index contributed by atoms with van der Waals surface area (Å²) in [7, 11) is 0. The summed E-state index contributed by atoms with van der Waals surface area (Å²) in [4.78, 5) is 24.5. The quantitative estimate of drug-likeness (QED) is 0.559. The number of anilines is 1. The number of thioether (sulfide) groups is 1. The van der Waals surface area contributed by atoms with Crippen molar-refractivity contribution in [2.24, 2.45) is 0 Å². The van der Waals surface area contributed by atoms with Crippen LogP contribution in [-0.4, -0.2) is 17.6 Å². The number of nitrogens with zero attached hydrogens (tertiary/aromatic N) is 1. The zero-order valence-electron chi connectivity index (χ0n) is 14.8. The van der Waals surface area contributed by atoms with Crippen LogP contribution in [-0.2, 0) is 9.59 Å². The van der Waals surface area contributed by atoms with E-state index in [2.05, 4.69) is 32.6 Å². The van der Waals surface area contributed by atoms with Crippen LogP contribution < -0.4 is 10.6 Å². The maximum Gasteiger partial charge on any atom is 0.234 e. The predicted molar refractivity (Wildman–Crippen MR) is 120 cm³/mol. The fourth-order valence-corrected chi connectivity index (χ4v) is 4.51. The Morgan fingerprint density at radius 3 is 2.79 bits per heavy atom. The molecule has 3 rings (SSSR count). The highest BCUT2D eigenvalue weighted by Crippen LogP contribution is 2.37. The van der Waals surface area contributed by atoms with Crippen LogP contribution >= 0.6 is 50.9 Å². The minimum Gasteiger partial charge on any atom is -0.324 e. The van der Waals surface area contributed by atoms with E-state index in [1.807, 2.05) is 24.3 Å². The second-order valence-electron chi connectivity index (χ2n) is 6.15. The Morgan fingerprint density at radius 2 is 2.07 bits per heavy atom. The van der Waals surface area contributed by atoms with E-state index in [1.165, 1.54) is 0 Å². The first-order valence-corrected chi connectivity index (χ1v) is 11.0. The molecule has 0 saturated heterocycles. The molecule has 2 aromatic carbocycles. The van der Waals surface area contributed by atoms with E-state index in [1.54, 1.807) is 18.2 Å². The summed E-state index contributed by atoms with van der Waals surface area (Å²) in [5.74, 6) is -0.897. The third-order valence-corrected chi connectivity index (χ3v) is 6.51. The number of hydrogen-bond donors (Lipinski definition) is 2. The maximum absolute atomic E-state index is 12.3. The standard InChI is InChI=1S/C20H14BrCl2N3O2S/c21-12-4-1-3-11(7-12)13-8-17(27)26-20(14(13)9-24)29-10-18(28)25-16-6-2-5-15(22)19(16)23/h1-7,13H,8,10H2,(H,25,28)(H,26,27)/t13-/m1/s1. The second-order valence-corrected chi connectivity index (χ2v) is 8.84. The van der Waals surface area contributed by atoms with Crippen molar-refractivity contribution in [1.82, 2.24) is 5.32 Å². The minimum atomic E-state index is -0.362. The summed E-state index contributed by atoms with van der Waals surface area (Å²) < 4.78 is 0.866. The van der Waals surface area contributed by atoms with Gasteiger partial charge in [0.05, 0.1) is 38.2 Å². The van der Waals surface area contributed by atoms with Crippen LogP contribution in [0, 0.1) is 11.3 Å². The lowest BCUT2D eigenvalue weighted by Gasteiger charge is -2.25. The average Bonchev–Trinajstić information content (AvgIpc) is 2.69. The molecule has 0 bridgehead atoms. The smallest absolute Gasteiger partial charge is 0.234 e. The van der Waals surface area contributed by atoms with Crippen molar-refractivity contribution in [3.8, 4) is 6.07 Å². The number of amides is 2. The Balaban J connectivity index is 1.77. The Kier molecular flexibility index (Phi) is 7.25. The summed E-state index contributed by atoms with van der Waals surface area (Å²) in [5.41, 5.74) is 1.69. The highest BCUT2D eigenvalue weighted by atomic mass is 79.9. The number of nitriles is 1. The summed E-state index contributed by atoms with van der Waals surface area (Å²) in [6.07, 6.45) is 0.174. The Bertz CT molecular complexity index is 1050. The zero-order chi connectivity index (χ0) is 21.0. The Hall–Kier alpha value is -1.98. The zero-order valence-corrected chi connectivity index (χ0v) is 18.8. The minimum absolute atomic E-state index is 0.00512. The van der Waals surface area contributed by atoms with Gasteiger partial charge >= 0.3 is 0 Å². The first-order chi connectivity index (χ1) is 13.9. The van der Waals surface area contributed by atoms with Gasteiger partial charge in [-0.25, -0.2) is 0 Å². The molecular formula is C20H14BrCl2N3O2S. The summed E-state index contributed by atoms with van der Waals surface area (Å²) in [6.45, 7) is 0. The van der Waals surface area contributed by atoms with Crippen LogP contribution in [0.4, 0.5) is 5.69 Å². The lowest BCUT2D eigenvalue weighted by Crippen LogP contribution is -2.31. The number of carbonyl (C=O) groups is 2. The largest absolute Gasteiger partial charge is 0.324 e. The molecule has 0 fully saturated rings. The third-order valence-electron chi connectivity index (χ3n) is 4.18. The summed E-state index contributed by atoms with van der Waals surface area (Å²) in [6, 6.07) is 14.6. The monoisotopic (exact) mass is 509 g/mol. The van der Waals surface area contributed by atoms with Gasteiger partial charge < -0.3 is 10.6 Å². The van der Waals surface area contributed by atoms with Gasteiger partial charge in [0.15, 0.2) is 0 Å². The molecule has 0 aromatic heterocycles. The van der Waals surface area contributed by atoms with E-state index in [0.717, 1.165) is 21.8 Å². The van der Waals surface area contributed by atoms with Crippen LogP contribution in [0.5, 0.6) is 0 Å². The van der Waals surface area contributed by atoms with E-state index < -0.39 is 0 Å². The molecular weight excluding hydrogens is 497 g/mol. The van der Waals surface area contributed by atoms with Crippen molar-refractivity contribution in [3.05, 3.63) is 73.1 Å². The first-order valence-electron chi connectivity index (χ1n) is 8.45. The Labute approximate surface area is 190 Å². The molecule has 0 unspecified atom stereocenters. The molecule has 2 N–H and O–H groups in total. The van der Waals surface area contributed by atoms with Crippen molar-refractivity contribution < 1.29 is 9.59 Å². The molecule has 1 atom stereocenters. The van der Waals surface area contributed by atoms with Gasteiger partial charge in [-0.1, -0.05) is 69.1 Å². The SMILES string of the molecule is N#CC1=C(SCC(=O)Nc2cccc(Cl)c2Cl)NC(=O)C[C@@H]1c1cccc(Br)c1. The average molecular weight is 511 g/mol. The fraction of sp³-hybridized carbons (Fsp3) is 0.150. The molecule has 0 radical (unpaired) electrons. The van der Waals surface area contributed by atoms with Crippen LogP contribution in [0.2, 0.25) is 10.0 Å². The number of rotatable bonds is 5. The van der Waals surface area contributed by atoms with E-state index in [0.29, 0.717) is 21.3 Å². The van der Waals surface area contributed by atoms with Crippen molar-refractivity contribution in [3.63, 3.8) is 0 Å². The number of allylic oxidation sites excluding steroid dienone is 1. The number of hydrogen-bond acceptors (Lipinski definition) is 4. The second kappa shape index (κ2) is 9.68. The van der Waals surface area contributed by atoms with Gasteiger partial charge in [-0.15, -0.1) is 0 Å². The third kappa shape index (κ3) is 5.34. The number of carbonyl (C=O) groups excluding carboxylic acids is 2. The molecule has 5 nitrogen and oxygen atoms in total. The van der Waals surface area contributed by atoms with Crippen LogP contribution in [0.25, 0.3) is 0 Å². The van der Waals surface area contributed by atoms with Crippen LogP contribution in [0.3, 0.4) is 0 Å². The van der Waals surface area contributed by atoms with E-state index in [4.69, 9.17) is 23.2 Å². The first kappa shape index (κ1) is 21.7.